The Balaban J connectivity index is 1.38. The second-order valence-corrected chi connectivity index (χ2v) is 6.69. The predicted molar refractivity (Wildman–Crippen MR) is 122 cm³/mol. The van der Waals surface area contributed by atoms with E-state index in [1.165, 1.54) is 33.4 Å². The Hall–Kier alpha value is -3.64. The van der Waals surface area contributed by atoms with Crippen LogP contribution in [0.5, 0.6) is 0 Å². The van der Waals surface area contributed by atoms with Crippen LogP contribution in [0.4, 0.5) is 0 Å². The van der Waals surface area contributed by atoms with Crippen LogP contribution in [0.25, 0.3) is 34.4 Å². The van der Waals surface area contributed by atoms with Crippen LogP contribution in [-0.2, 0) is 0 Å². The van der Waals surface area contributed by atoms with Gasteiger partial charge in [-0.15, -0.1) is 0 Å². The van der Waals surface area contributed by atoms with Crippen molar-refractivity contribution in [3.05, 3.63) is 132 Å². The van der Waals surface area contributed by atoms with E-state index in [-0.39, 0.29) is 0 Å². The van der Waals surface area contributed by atoms with Gasteiger partial charge in [0.2, 0.25) is 0 Å². The topological polar surface area (TPSA) is 0 Å². The van der Waals surface area contributed by atoms with Gasteiger partial charge in [-0.3, -0.25) is 0 Å². The van der Waals surface area contributed by atoms with Gasteiger partial charge in [0.15, 0.2) is 0 Å². The first-order valence-corrected chi connectivity index (χ1v) is 9.54. The Morgan fingerprint density at radius 3 is 1.00 bits per heavy atom. The van der Waals surface area contributed by atoms with Crippen LogP contribution in [-0.4, -0.2) is 0 Å². The van der Waals surface area contributed by atoms with Gasteiger partial charge in [0.1, 0.15) is 0 Å². The third-order valence-electron chi connectivity index (χ3n) is 4.72. The molecule has 0 aliphatic rings. The average Bonchev–Trinajstić information content (AvgIpc) is 2.79. The number of hydrogen-bond donors (Lipinski definition) is 0. The zero-order valence-corrected chi connectivity index (χ0v) is 15.7. The standard InChI is InChI=1S/C28H22/c1-3-11-25(12-4-1)27-19-15-23(16-20-27)9-7-8-10-24-17-21-28(22-18-24)26-13-5-2-6-14-26/h1-22H/b9-7+,10-8+. The highest BCUT2D eigenvalue weighted by Crippen LogP contribution is 2.21. The minimum Gasteiger partial charge on any atom is -0.0622 e. The molecule has 0 saturated carbocycles. The molecule has 0 spiro atoms. The molecule has 0 atom stereocenters. The molecule has 0 N–H and O–H groups in total. The molecule has 4 aromatic carbocycles. The maximum absolute atomic E-state index is 2.17. The van der Waals surface area contributed by atoms with Gasteiger partial charge in [0.25, 0.3) is 0 Å². The largest absolute Gasteiger partial charge is 0.0622 e. The lowest BCUT2D eigenvalue weighted by atomic mass is 10.0. The van der Waals surface area contributed by atoms with Gasteiger partial charge in [-0.2, -0.15) is 0 Å². The minimum absolute atomic E-state index is 1.20. The maximum atomic E-state index is 2.17. The van der Waals surface area contributed by atoms with Crippen molar-refractivity contribution in [1.82, 2.24) is 0 Å². The molecule has 0 nitrogen and oxygen atoms in total. The van der Waals surface area contributed by atoms with Crippen molar-refractivity contribution in [3.8, 4) is 22.3 Å². The van der Waals surface area contributed by atoms with E-state index < -0.39 is 0 Å². The molecule has 0 amide bonds. The Bertz CT molecular complexity index is 961. The molecule has 134 valence electrons. The molecule has 4 rings (SSSR count). The molecule has 0 aliphatic carbocycles. The van der Waals surface area contributed by atoms with E-state index in [0.29, 0.717) is 0 Å². The molecule has 0 saturated heterocycles. The molecule has 0 aliphatic heterocycles. The van der Waals surface area contributed by atoms with Crippen molar-refractivity contribution in [3.63, 3.8) is 0 Å². The smallest absolute Gasteiger partial charge is 0.0184 e. The van der Waals surface area contributed by atoms with E-state index in [9.17, 15) is 0 Å². The number of rotatable bonds is 5. The fourth-order valence-corrected chi connectivity index (χ4v) is 3.17. The summed E-state index contributed by atoms with van der Waals surface area (Å²) in [7, 11) is 0. The van der Waals surface area contributed by atoms with Gasteiger partial charge in [0, 0.05) is 0 Å². The Kier molecular flexibility index (Phi) is 5.60. The summed E-state index contributed by atoms with van der Waals surface area (Å²) in [6.07, 6.45) is 8.43. The Morgan fingerprint density at radius 1 is 0.321 bits per heavy atom. The normalized spacial score (nSPS) is 11.3. The monoisotopic (exact) mass is 358 g/mol. The van der Waals surface area contributed by atoms with Gasteiger partial charge in [-0.05, 0) is 33.4 Å². The number of hydrogen-bond acceptors (Lipinski definition) is 0. The van der Waals surface area contributed by atoms with Gasteiger partial charge < -0.3 is 0 Å². The summed E-state index contributed by atoms with van der Waals surface area (Å²) in [5, 5.41) is 0. The molecule has 0 heteroatoms. The van der Waals surface area contributed by atoms with E-state index in [0.717, 1.165) is 0 Å². The molecule has 0 radical (unpaired) electrons. The first-order valence-electron chi connectivity index (χ1n) is 9.54. The molecular formula is C28H22. The second kappa shape index (κ2) is 8.83. The van der Waals surface area contributed by atoms with E-state index >= 15 is 0 Å². The Morgan fingerprint density at radius 2 is 0.643 bits per heavy atom. The van der Waals surface area contributed by atoms with Crippen LogP contribution in [0.15, 0.2) is 121 Å². The summed E-state index contributed by atoms with van der Waals surface area (Å²) in [4.78, 5) is 0. The highest BCUT2D eigenvalue weighted by atomic mass is 14.0. The van der Waals surface area contributed by atoms with Crippen LogP contribution in [0, 0.1) is 0 Å². The van der Waals surface area contributed by atoms with Crippen LogP contribution in [0.2, 0.25) is 0 Å². The summed E-state index contributed by atoms with van der Waals surface area (Å²) >= 11 is 0. The van der Waals surface area contributed by atoms with Crippen LogP contribution in [0.3, 0.4) is 0 Å². The fourth-order valence-electron chi connectivity index (χ4n) is 3.17. The maximum Gasteiger partial charge on any atom is -0.0184 e. The zero-order valence-electron chi connectivity index (χ0n) is 15.7. The SMILES string of the molecule is C(/C=C/c1ccc(-c2ccccc2)cc1)=C\c1ccc(-c2ccccc2)cc1. The summed E-state index contributed by atoms with van der Waals surface area (Å²) in [6, 6.07) is 38.2. The lowest BCUT2D eigenvalue weighted by Gasteiger charge is -2.02. The molecule has 0 aromatic heterocycles. The van der Waals surface area contributed by atoms with Crippen molar-refractivity contribution < 1.29 is 0 Å². The summed E-state index contributed by atoms with van der Waals surface area (Å²) in [5.74, 6) is 0. The zero-order chi connectivity index (χ0) is 19.0. The molecule has 28 heavy (non-hydrogen) atoms. The first kappa shape index (κ1) is 17.8. The predicted octanol–water partition coefficient (Wildman–Crippen LogP) is 7.75. The van der Waals surface area contributed by atoms with E-state index in [2.05, 4.69) is 121 Å². The van der Waals surface area contributed by atoms with E-state index in [1.54, 1.807) is 0 Å². The summed E-state index contributed by atoms with van der Waals surface area (Å²) in [5.41, 5.74) is 7.37. The quantitative estimate of drug-likeness (QED) is 0.320. The van der Waals surface area contributed by atoms with Gasteiger partial charge >= 0.3 is 0 Å². The van der Waals surface area contributed by atoms with Crippen molar-refractivity contribution >= 4 is 12.2 Å². The minimum atomic E-state index is 1.20. The van der Waals surface area contributed by atoms with Crippen molar-refractivity contribution in [2.24, 2.45) is 0 Å². The van der Waals surface area contributed by atoms with Gasteiger partial charge in [-0.25, -0.2) is 0 Å². The van der Waals surface area contributed by atoms with Gasteiger partial charge in [0.05, 0.1) is 0 Å². The van der Waals surface area contributed by atoms with E-state index in [1.807, 2.05) is 12.1 Å². The van der Waals surface area contributed by atoms with E-state index in [4.69, 9.17) is 0 Å². The lowest BCUT2D eigenvalue weighted by molar-refractivity contribution is 1.60. The van der Waals surface area contributed by atoms with Crippen molar-refractivity contribution in [1.29, 1.82) is 0 Å². The van der Waals surface area contributed by atoms with Crippen molar-refractivity contribution in [2.45, 2.75) is 0 Å². The highest BCUT2D eigenvalue weighted by molar-refractivity contribution is 5.67. The van der Waals surface area contributed by atoms with Crippen LogP contribution in [0.1, 0.15) is 11.1 Å². The molecule has 0 fully saturated rings. The molecule has 0 heterocycles. The fraction of sp³-hybridized carbons (Fsp3) is 0. The molecule has 0 bridgehead atoms. The average molecular weight is 358 g/mol. The summed E-state index contributed by atoms with van der Waals surface area (Å²) < 4.78 is 0. The molecular weight excluding hydrogens is 336 g/mol. The first-order chi connectivity index (χ1) is 13.9. The third-order valence-corrected chi connectivity index (χ3v) is 4.72. The summed E-state index contributed by atoms with van der Waals surface area (Å²) in [6.45, 7) is 0. The third kappa shape index (κ3) is 4.55. The van der Waals surface area contributed by atoms with Crippen molar-refractivity contribution in [2.75, 3.05) is 0 Å². The molecule has 0 unspecified atom stereocenters. The lowest BCUT2D eigenvalue weighted by Crippen LogP contribution is -1.78. The van der Waals surface area contributed by atoms with Crippen LogP contribution >= 0.6 is 0 Å². The number of benzene rings is 4. The highest BCUT2D eigenvalue weighted by Gasteiger charge is 1.96. The molecule has 4 aromatic rings. The Labute approximate surface area is 167 Å². The van der Waals surface area contributed by atoms with Gasteiger partial charge in [-0.1, -0.05) is 133 Å². The number of allylic oxidation sites excluding steroid dienone is 2. The second-order valence-electron chi connectivity index (χ2n) is 6.69. The van der Waals surface area contributed by atoms with Crippen LogP contribution < -0.4 is 0 Å².